The van der Waals surface area contributed by atoms with Crippen LogP contribution in [0.5, 0.6) is 0 Å². The fraction of sp³-hybridized carbons (Fsp3) is 0.647. The molecule has 1 aliphatic heterocycles. The summed E-state index contributed by atoms with van der Waals surface area (Å²) in [6.07, 6.45) is 0.657. The smallest absolute Gasteiger partial charge is 0.270 e. The van der Waals surface area contributed by atoms with Crippen LogP contribution in [0.3, 0.4) is 0 Å². The molecule has 1 aromatic rings. The zero-order valence-electron chi connectivity index (χ0n) is 14.4. The lowest BCUT2D eigenvalue weighted by atomic mass is 10.0. The van der Waals surface area contributed by atoms with Crippen LogP contribution in [0.1, 0.15) is 66.7 Å². The number of aromatic amines is 1. The average molecular weight is 306 g/mol. The fourth-order valence-corrected chi connectivity index (χ4v) is 3.46. The summed E-state index contributed by atoms with van der Waals surface area (Å²) in [4.78, 5) is 29.7. The van der Waals surface area contributed by atoms with Gasteiger partial charge >= 0.3 is 0 Å². The molecule has 122 valence electrons. The van der Waals surface area contributed by atoms with E-state index in [1.54, 1.807) is 6.92 Å². The average Bonchev–Trinajstić information content (AvgIpc) is 2.72. The van der Waals surface area contributed by atoms with Crippen LogP contribution < -0.4 is 0 Å². The van der Waals surface area contributed by atoms with Gasteiger partial charge in [-0.3, -0.25) is 9.59 Å². The predicted octanol–water partition coefficient (Wildman–Crippen LogP) is 2.73. The number of ketones is 1. The summed E-state index contributed by atoms with van der Waals surface area (Å²) in [7, 11) is 0. The Labute approximate surface area is 132 Å². The molecule has 0 aliphatic carbocycles. The van der Waals surface area contributed by atoms with Gasteiger partial charge in [-0.25, -0.2) is 0 Å². The molecule has 5 nitrogen and oxygen atoms in total. The van der Waals surface area contributed by atoms with Gasteiger partial charge in [0.1, 0.15) is 5.69 Å². The number of ether oxygens (including phenoxy) is 1. The lowest BCUT2D eigenvalue weighted by molar-refractivity contribution is -0.118. The maximum Gasteiger partial charge on any atom is 0.270 e. The summed E-state index contributed by atoms with van der Waals surface area (Å²) in [5.74, 6) is -0.0454. The molecule has 1 aliphatic rings. The Balaban J connectivity index is 2.38. The highest BCUT2D eigenvalue weighted by Gasteiger charge is 2.35. The Morgan fingerprint density at radius 1 is 1.41 bits per heavy atom. The van der Waals surface area contributed by atoms with Gasteiger partial charge in [0.05, 0.1) is 11.7 Å². The minimum atomic E-state index is -0.356. The van der Waals surface area contributed by atoms with E-state index >= 15 is 0 Å². The van der Waals surface area contributed by atoms with Gasteiger partial charge < -0.3 is 14.6 Å². The van der Waals surface area contributed by atoms with Gasteiger partial charge in [0.25, 0.3) is 5.91 Å². The molecule has 0 bridgehead atoms. The summed E-state index contributed by atoms with van der Waals surface area (Å²) in [6.45, 7) is 12.4. The first-order valence-corrected chi connectivity index (χ1v) is 7.85. The molecule has 5 heteroatoms. The van der Waals surface area contributed by atoms with E-state index in [-0.39, 0.29) is 23.4 Å². The molecule has 22 heavy (non-hydrogen) atoms. The number of aryl methyl sites for hydroxylation is 1. The van der Waals surface area contributed by atoms with Crippen molar-refractivity contribution >= 4 is 11.7 Å². The Kier molecular flexibility index (Phi) is 4.47. The van der Waals surface area contributed by atoms with Crippen molar-refractivity contribution in [2.24, 2.45) is 0 Å². The molecule has 0 radical (unpaired) electrons. The monoisotopic (exact) mass is 306 g/mol. The molecule has 0 saturated carbocycles. The molecule has 1 atom stereocenters. The van der Waals surface area contributed by atoms with E-state index in [9.17, 15) is 9.59 Å². The Morgan fingerprint density at radius 2 is 2.05 bits per heavy atom. The van der Waals surface area contributed by atoms with Gasteiger partial charge in [0, 0.05) is 24.3 Å². The standard InChI is InChI=1S/C17H26N2O3/c1-7-13-14(12(4)20)11(3)18-15(13)16(21)19-8-10(2)22-17(5,6)9-19/h10,18H,7-9H2,1-6H3. The van der Waals surface area contributed by atoms with Crippen molar-refractivity contribution in [3.05, 3.63) is 22.5 Å². The van der Waals surface area contributed by atoms with Crippen LogP contribution in [-0.2, 0) is 11.2 Å². The molecule has 0 aromatic carbocycles. The molecule has 1 amide bonds. The van der Waals surface area contributed by atoms with Crippen molar-refractivity contribution in [3.8, 4) is 0 Å². The van der Waals surface area contributed by atoms with Gasteiger partial charge in [-0.2, -0.15) is 0 Å². The predicted molar refractivity (Wildman–Crippen MR) is 85.4 cm³/mol. The highest BCUT2D eigenvalue weighted by molar-refractivity contribution is 6.02. The number of hydrogen-bond donors (Lipinski definition) is 1. The molecule has 2 rings (SSSR count). The second-order valence-corrected chi connectivity index (χ2v) is 6.76. The molecule has 1 fully saturated rings. The Bertz CT molecular complexity index is 601. The Hall–Kier alpha value is -1.62. The van der Waals surface area contributed by atoms with Crippen LogP contribution >= 0.6 is 0 Å². The second-order valence-electron chi connectivity index (χ2n) is 6.76. The third kappa shape index (κ3) is 3.09. The van der Waals surface area contributed by atoms with Gasteiger partial charge in [0.2, 0.25) is 0 Å². The number of carbonyl (C=O) groups excluding carboxylic acids is 2. The van der Waals surface area contributed by atoms with Crippen molar-refractivity contribution in [1.82, 2.24) is 9.88 Å². The molecular weight excluding hydrogens is 280 g/mol. The number of nitrogens with one attached hydrogen (secondary N) is 1. The lowest BCUT2D eigenvalue weighted by Crippen LogP contribution is -2.54. The number of amides is 1. The first kappa shape index (κ1) is 16.7. The SMILES string of the molecule is CCc1c(C(=O)N2CC(C)OC(C)(C)C2)[nH]c(C)c1C(C)=O. The minimum absolute atomic E-state index is 0.000301. The van der Waals surface area contributed by atoms with Gasteiger partial charge in [-0.15, -0.1) is 0 Å². The van der Waals surface area contributed by atoms with Crippen LogP contribution in [-0.4, -0.2) is 46.4 Å². The number of nitrogens with zero attached hydrogens (tertiary/aromatic N) is 1. The molecule has 1 unspecified atom stereocenters. The zero-order valence-corrected chi connectivity index (χ0v) is 14.4. The molecule has 2 heterocycles. The molecule has 0 spiro atoms. The summed E-state index contributed by atoms with van der Waals surface area (Å²) in [6, 6.07) is 0. The van der Waals surface area contributed by atoms with E-state index in [4.69, 9.17) is 4.74 Å². The molecule has 1 aromatic heterocycles. The zero-order chi connectivity index (χ0) is 16.7. The number of rotatable bonds is 3. The summed E-state index contributed by atoms with van der Waals surface area (Å²) >= 11 is 0. The van der Waals surface area contributed by atoms with Crippen molar-refractivity contribution in [1.29, 1.82) is 0 Å². The van der Waals surface area contributed by atoms with Crippen LogP contribution in [0, 0.1) is 6.92 Å². The van der Waals surface area contributed by atoms with Crippen molar-refractivity contribution in [2.75, 3.05) is 13.1 Å². The van der Waals surface area contributed by atoms with Crippen LogP contribution in [0.2, 0.25) is 0 Å². The van der Waals surface area contributed by atoms with E-state index in [1.807, 2.05) is 39.5 Å². The van der Waals surface area contributed by atoms with E-state index in [1.165, 1.54) is 0 Å². The molecule has 1 saturated heterocycles. The lowest BCUT2D eigenvalue weighted by Gasteiger charge is -2.41. The minimum Gasteiger partial charge on any atom is -0.369 e. The van der Waals surface area contributed by atoms with Crippen molar-refractivity contribution in [3.63, 3.8) is 0 Å². The van der Waals surface area contributed by atoms with E-state index in [0.29, 0.717) is 30.8 Å². The molecular formula is C17H26N2O3. The topological polar surface area (TPSA) is 62.4 Å². The quantitative estimate of drug-likeness (QED) is 0.873. The first-order chi connectivity index (χ1) is 10.2. The van der Waals surface area contributed by atoms with Crippen LogP contribution in [0.15, 0.2) is 0 Å². The summed E-state index contributed by atoms with van der Waals surface area (Å²) in [5, 5.41) is 0. The van der Waals surface area contributed by atoms with Gasteiger partial charge in [-0.05, 0) is 46.6 Å². The van der Waals surface area contributed by atoms with Gasteiger partial charge in [-0.1, -0.05) is 6.92 Å². The first-order valence-electron chi connectivity index (χ1n) is 7.85. The van der Waals surface area contributed by atoms with Crippen LogP contribution in [0.4, 0.5) is 0 Å². The largest absolute Gasteiger partial charge is 0.369 e. The second kappa shape index (κ2) is 5.88. The fourth-order valence-electron chi connectivity index (χ4n) is 3.46. The highest BCUT2D eigenvalue weighted by atomic mass is 16.5. The molecule has 1 N–H and O–H groups in total. The number of morpholine rings is 1. The van der Waals surface area contributed by atoms with Gasteiger partial charge in [0.15, 0.2) is 5.78 Å². The number of carbonyl (C=O) groups is 2. The van der Waals surface area contributed by atoms with Crippen molar-refractivity contribution in [2.45, 2.75) is 59.7 Å². The van der Waals surface area contributed by atoms with E-state index in [0.717, 1.165) is 11.3 Å². The number of H-pyrrole nitrogens is 1. The number of Topliss-reactive ketones (excluding diaryl/α,β-unsaturated/α-hetero) is 1. The summed E-state index contributed by atoms with van der Waals surface area (Å²) < 4.78 is 5.86. The number of aromatic nitrogens is 1. The van der Waals surface area contributed by atoms with E-state index < -0.39 is 0 Å². The highest BCUT2D eigenvalue weighted by Crippen LogP contribution is 2.26. The maximum atomic E-state index is 12.9. The third-order valence-corrected chi connectivity index (χ3v) is 4.07. The number of hydrogen-bond acceptors (Lipinski definition) is 3. The third-order valence-electron chi connectivity index (χ3n) is 4.07. The van der Waals surface area contributed by atoms with Crippen molar-refractivity contribution < 1.29 is 14.3 Å². The van der Waals surface area contributed by atoms with Crippen LogP contribution in [0.25, 0.3) is 0 Å². The Morgan fingerprint density at radius 3 is 2.55 bits per heavy atom. The summed E-state index contributed by atoms with van der Waals surface area (Å²) in [5.41, 5.74) is 2.45. The maximum absolute atomic E-state index is 12.9. The normalized spacial score (nSPS) is 21.0. The van der Waals surface area contributed by atoms with E-state index in [2.05, 4.69) is 4.98 Å².